The number of carbonyl (C=O) groups excluding carboxylic acids is 4. The Balaban J connectivity index is 5.14. The van der Waals surface area contributed by atoms with Crippen molar-refractivity contribution in [2.45, 2.75) is 69.5 Å². The van der Waals surface area contributed by atoms with E-state index in [-0.39, 0.29) is 12.8 Å². The van der Waals surface area contributed by atoms with Crippen molar-refractivity contribution in [1.29, 1.82) is 0 Å². The third-order valence-electron chi connectivity index (χ3n) is 5.02. The van der Waals surface area contributed by atoms with Crippen molar-refractivity contribution in [1.82, 2.24) is 21.3 Å². The number of carbonyl (C=O) groups is 6. The molecular formula is C21H39N7O8. The number of nitrogens with one attached hydrogen (secondary N) is 4. The molecule has 0 spiro atoms. The second-order valence-corrected chi connectivity index (χ2v) is 8.12. The summed E-state index contributed by atoms with van der Waals surface area (Å²) < 4.78 is 0. The molecule has 0 aliphatic heterocycles. The lowest BCUT2D eigenvalue weighted by atomic mass is 10.1. The zero-order valence-corrected chi connectivity index (χ0v) is 20.3. The Morgan fingerprint density at radius 3 is 1.75 bits per heavy atom. The van der Waals surface area contributed by atoms with Crippen molar-refractivity contribution < 1.29 is 39.0 Å². The first kappa shape index (κ1) is 32.7. The first-order chi connectivity index (χ1) is 17.0. The zero-order valence-electron chi connectivity index (χ0n) is 20.3. The molecule has 206 valence electrons. The van der Waals surface area contributed by atoms with E-state index in [9.17, 15) is 28.8 Å². The van der Waals surface area contributed by atoms with E-state index in [0.29, 0.717) is 45.2 Å². The second-order valence-electron chi connectivity index (χ2n) is 8.12. The van der Waals surface area contributed by atoms with Gasteiger partial charge in [-0.25, -0.2) is 0 Å². The third-order valence-corrected chi connectivity index (χ3v) is 5.02. The fraction of sp³-hybridized carbons (Fsp3) is 0.714. The minimum absolute atomic E-state index is 0.156. The SMILES string of the molecule is NCCCCC(N)C(=O)NCC(=O)NC(CCCCN)C(=O)NC(CCC(=O)O)C(=O)NCC(=O)O. The van der Waals surface area contributed by atoms with Crippen LogP contribution in [0.15, 0.2) is 0 Å². The molecule has 15 heteroatoms. The highest BCUT2D eigenvalue weighted by Crippen LogP contribution is 2.05. The molecule has 0 aromatic rings. The molecule has 12 N–H and O–H groups in total. The van der Waals surface area contributed by atoms with Crippen LogP contribution in [0.2, 0.25) is 0 Å². The van der Waals surface area contributed by atoms with Crippen molar-refractivity contribution >= 4 is 35.6 Å². The van der Waals surface area contributed by atoms with Gasteiger partial charge in [0.05, 0.1) is 12.6 Å². The van der Waals surface area contributed by atoms with Crippen LogP contribution in [-0.4, -0.2) is 90.1 Å². The third kappa shape index (κ3) is 15.6. The second kappa shape index (κ2) is 19.0. The van der Waals surface area contributed by atoms with Gasteiger partial charge in [0.25, 0.3) is 0 Å². The van der Waals surface area contributed by atoms with E-state index < -0.39 is 73.2 Å². The fourth-order valence-corrected chi connectivity index (χ4v) is 3.04. The number of hydrogen-bond acceptors (Lipinski definition) is 9. The number of aliphatic carboxylic acids is 2. The maximum Gasteiger partial charge on any atom is 0.322 e. The average Bonchev–Trinajstić information content (AvgIpc) is 2.82. The summed E-state index contributed by atoms with van der Waals surface area (Å²) >= 11 is 0. The van der Waals surface area contributed by atoms with Gasteiger partial charge < -0.3 is 48.7 Å². The first-order valence-electron chi connectivity index (χ1n) is 11.8. The summed E-state index contributed by atoms with van der Waals surface area (Å²) in [5.74, 6) is -5.40. The Labute approximate surface area is 209 Å². The van der Waals surface area contributed by atoms with E-state index in [4.69, 9.17) is 27.4 Å². The summed E-state index contributed by atoms with van der Waals surface area (Å²) in [5, 5.41) is 27.0. The van der Waals surface area contributed by atoms with Crippen LogP contribution in [0.3, 0.4) is 0 Å². The highest BCUT2D eigenvalue weighted by molar-refractivity contribution is 5.94. The van der Waals surface area contributed by atoms with Crippen LogP contribution >= 0.6 is 0 Å². The van der Waals surface area contributed by atoms with E-state index in [1.54, 1.807) is 0 Å². The van der Waals surface area contributed by atoms with Gasteiger partial charge in [-0.2, -0.15) is 0 Å². The zero-order chi connectivity index (χ0) is 27.5. The molecule has 0 rings (SSSR count). The van der Waals surface area contributed by atoms with Gasteiger partial charge in [0.15, 0.2) is 0 Å². The highest BCUT2D eigenvalue weighted by Gasteiger charge is 2.27. The molecule has 0 fully saturated rings. The molecule has 0 aliphatic carbocycles. The predicted octanol–water partition coefficient (Wildman–Crippen LogP) is -3.28. The molecule has 3 unspecified atom stereocenters. The van der Waals surface area contributed by atoms with E-state index in [1.165, 1.54) is 0 Å². The maximum atomic E-state index is 12.8. The number of unbranched alkanes of at least 4 members (excludes halogenated alkanes) is 2. The number of nitrogens with two attached hydrogens (primary N) is 3. The molecule has 0 aromatic heterocycles. The standard InChI is InChI=1S/C21H39N7O8/c22-9-3-1-5-13(24)19(34)25-11-16(29)27-14(6-2-4-10-23)21(36)28-15(7-8-17(30)31)20(35)26-12-18(32)33/h13-15H,1-12,22-24H2,(H,25,34)(H,26,35)(H,27,29)(H,28,36)(H,30,31)(H,32,33). The van der Waals surface area contributed by atoms with E-state index in [2.05, 4.69) is 21.3 Å². The van der Waals surface area contributed by atoms with Gasteiger partial charge in [0, 0.05) is 6.42 Å². The Hall–Kier alpha value is -3.30. The number of amides is 4. The largest absolute Gasteiger partial charge is 0.481 e. The molecule has 36 heavy (non-hydrogen) atoms. The van der Waals surface area contributed by atoms with Gasteiger partial charge in [-0.3, -0.25) is 28.8 Å². The number of rotatable bonds is 20. The van der Waals surface area contributed by atoms with Crippen LogP contribution in [0.5, 0.6) is 0 Å². The minimum atomic E-state index is -1.34. The van der Waals surface area contributed by atoms with E-state index in [1.807, 2.05) is 0 Å². The van der Waals surface area contributed by atoms with Gasteiger partial charge in [-0.1, -0.05) is 6.42 Å². The predicted molar refractivity (Wildman–Crippen MR) is 128 cm³/mol. The number of hydrogen-bond donors (Lipinski definition) is 9. The fourth-order valence-electron chi connectivity index (χ4n) is 3.04. The molecule has 0 aromatic carbocycles. The van der Waals surface area contributed by atoms with Crippen molar-refractivity contribution in [3.8, 4) is 0 Å². The lowest BCUT2D eigenvalue weighted by molar-refractivity contribution is -0.140. The quantitative estimate of drug-likeness (QED) is 0.0722. The Morgan fingerprint density at radius 1 is 0.639 bits per heavy atom. The Morgan fingerprint density at radius 2 is 1.19 bits per heavy atom. The minimum Gasteiger partial charge on any atom is -0.481 e. The van der Waals surface area contributed by atoms with E-state index >= 15 is 0 Å². The summed E-state index contributed by atoms with van der Waals surface area (Å²) in [6.07, 6.45) is 2.17. The lowest BCUT2D eigenvalue weighted by Gasteiger charge is -2.23. The molecule has 3 atom stereocenters. The molecule has 0 heterocycles. The number of carboxylic acids is 2. The monoisotopic (exact) mass is 517 g/mol. The van der Waals surface area contributed by atoms with Crippen LogP contribution in [0.25, 0.3) is 0 Å². The Bertz CT molecular complexity index is 750. The molecule has 0 saturated heterocycles. The number of carboxylic acid groups (broad SMARTS) is 2. The van der Waals surface area contributed by atoms with Gasteiger partial charge in [-0.15, -0.1) is 0 Å². The maximum absolute atomic E-state index is 12.8. The topological polar surface area (TPSA) is 269 Å². The normalized spacial score (nSPS) is 13.1. The van der Waals surface area contributed by atoms with Crippen LogP contribution in [0, 0.1) is 0 Å². The van der Waals surface area contributed by atoms with Crippen LogP contribution in [0.4, 0.5) is 0 Å². The van der Waals surface area contributed by atoms with Crippen molar-refractivity contribution in [3.63, 3.8) is 0 Å². The van der Waals surface area contributed by atoms with Crippen molar-refractivity contribution in [2.75, 3.05) is 26.2 Å². The van der Waals surface area contributed by atoms with Gasteiger partial charge in [-0.05, 0) is 51.6 Å². The average molecular weight is 518 g/mol. The van der Waals surface area contributed by atoms with Crippen molar-refractivity contribution in [3.05, 3.63) is 0 Å². The summed E-state index contributed by atoms with van der Waals surface area (Å²) in [6.45, 7) is -0.337. The molecule has 0 aliphatic rings. The Kier molecular flexibility index (Phi) is 17.2. The molecule has 0 bridgehead atoms. The molecule has 15 nitrogen and oxygen atoms in total. The van der Waals surface area contributed by atoms with Crippen molar-refractivity contribution in [2.24, 2.45) is 17.2 Å². The van der Waals surface area contributed by atoms with Crippen LogP contribution in [-0.2, 0) is 28.8 Å². The molecule has 4 amide bonds. The summed E-state index contributed by atoms with van der Waals surface area (Å²) in [6, 6.07) is -3.26. The summed E-state index contributed by atoms with van der Waals surface area (Å²) in [5.41, 5.74) is 16.7. The van der Waals surface area contributed by atoms with Gasteiger partial charge >= 0.3 is 11.9 Å². The van der Waals surface area contributed by atoms with Gasteiger partial charge in [0.1, 0.15) is 18.6 Å². The molecule has 0 saturated carbocycles. The smallest absolute Gasteiger partial charge is 0.322 e. The first-order valence-corrected chi connectivity index (χ1v) is 11.8. The van der Waals surface area contributed by atoms with E-state index in [0.717, 1.165) is 0 Å². The lowest BCUT2D eigenvalue weighted by Crippen LogP contribution is -2.55. The highest BCUT2D eigenvalue weighted by atomic mass is 16.4. The summed E-state index contributed by atoms with van der Waals surface area (Å²) in [4.78, 5) is 71.2. The molecular weight excluding hydrogens is 478 g/mol. The van der Waals surface area contributed by atoms with Gasteiger partial charge in [0.2, 0.25) is 23.6 Å². The molecule has 0 radical (unpaired) electrons. The van der Waals surface area contributed by atoms with Crippen LogP contribution in [0.1, 0.15) is 51.4 Å². The van der Waals surface area contributed by atoms with Crippen LogP contribution < -0.4 is 38.5 Å². The summed E-state index contributed by atoms with van der Waals surface area (Å²) in [7, 11) is 0.